The summed E-state index contributed by atoms with van der Waals surface area (Å²) in [5.41, 5.74) is 1.22. The Kier molecular flexibility index (Phi) is 6.28. The van der Waals surface area contributed by atoms with Crippen molar-refractivity contribution in [1.82, 2.24) is 9.88 Å². The SMILES string of the molecule is CCCc1nc(CN2CCCCCC2CCO)cs1. The van der Waals surface area contributed by atoms with Gasteiger partial charge in [-0.2, -0.15) is 0 Å². The molecule has 108 valence electrons. The minimum Gasteiger partial charge on any atom is -0.396 e. The predicted molar refractivity (Wildman–Crippen MR) is 80.5 cm³/mol. The Labute approximate surface area is 120 Å². The fraction of sp³-hybridized carbons (Fsp3) is 0.800. The highest BCUT2D eigenvalue weighted by Crippen LogP contribution is 2.22. The van der Waals surface area contributed by atoms with Gasteiger partial charge in [0.1, 0.15) is 0 Å². The molecule has 1 aromatic heterocycles. The third-order valence-corrected chi connectivity index (χ3v) is 4.85. The third kappa shape index (κ3) is 4.55. The first-order valence-corrected chi connectivity index (χ1v) is 8.49. The molecular weight excluding hydrogens is 256 g/mol. The summed E-state index contributed by atoms with van der Waals surface area (Å²) in [6.45, 7) is 4.63. The molecule has 4 heteroatoms. The Hall–Kier alpha value is -0.450. The smallest absolute Gasteiger partial charge is 0.0928 e. The molecule has 19 heavy (non-hydrogen) atoms. The molecule has 2 heterocycles. The first-order chi connectivity index (χ1) is 9.33. The largest absolute Gasteiger partial charge is 0.396 e. The van der Waals surface area contributed by atoms with Gasteiger partial charge in [0.05, 0.1) is 10.7 Å². The lowest BCUT2D eigenvalue weighted by Crippen LogP contribution is -2.35. The van der Waals surface area contributed by atoms with Crippen molar-refractivity contribution in [3.63, 3.8) is 0 Å². The summed E-state index contributed by atoms with van der Waals surface area (Å²) in [5, 5.41) is 12.7. The van der Waals surface area contributed by atoms with E-state index in [-0.39, 0.29) is 0 Å². The monoisotopic (exact) mass is 282 g/mol. The topological polar surface area (TPSA) is 36.4 Å². The quantitative estimate of drug-likeness (QED) is 0.870. The second-order valence-corrected chi connectivity index (χ2v) is 6.41. The van der Waals surface area contributed by atoms with Crippen molar-refractivity contribution in [2.24, 2.45) is 0 Å². The number of nitrogens with zero attached hydrogens (tertiary/aromatic N) is 2. The maximum atomic E-state index is 9.23. The summed E-state index contributed by atoms with van der Waals surface area (Å²) in [6.07, 6.45) is 8.33. The zero-order valence-electron chi connectivity index (χ0n) is 12.0. The van der Waals surface area contributed by atoms with Gasteiger partial charge >= 0.3 is 0 Å². The van der Waals surface area contributed by atoms with Crippen molar-refractivity contribution in [2.75, 3.05) is 13.2 Å². The van der Waals surface area contributed by atoms with E-state index >= 15 is 0 Å². The van der Waals surface area contributed by atoms with Crippen LogP contribution in [0.1, 0.15) is 56.2 Å². The average Bonchev–Trinajstić information content (AvgIpc) is 2.72. The Bertz CT molecular complexity index is 367. The van der Waals surface area contributed by atoms with Gasteiger partial charge < -0.3 is 5.11 Å². The van der Waals surface area contributed by atoms with E-state index in [0.29, 0.717) is 12.6 Å². The Balaban J connectivity index is 1.96. The van der Waals surface area contributed by atoms with Gasteiger partial charge in [0.25, 0.3) is 0 Å². The molecule has 0 spiro atoms. The van der Waals surface area contributed by atoms with Crippen LogP contribution >= 0.6 is 11.3 Å². The number of aliphatic hydroxyl groups is 1. The van der Waals surface area contributed by atoms with Crippen LogP contribution in [0.2, 0.25) is 0 Å². The molecule has 1 atom stereocenters. The van der Waals surface area contributed by atoms with E-state index in [0.717, 1.165) is 25.9 Å². The van der Waals surface area contributed by atoms with Crippen LogP contribution in [-0.2, 0) is 13.0 Å². The predicted octanol–water partition coefficient (Wildman–Crippen LogP) is 3.22. The maximum absolute atomic E-state index is 9.23. The molecule has 3 nitrogen and oxygen atoms in total. The van der Waals surface area contributed by atoms with E-state index in [1.165, 1.54) is 42.8 Å². The van der Waals surface area contributed by atoms with Crippen molar-refractivity contribution in [3.8, 4) is 0 Å². The number of hydrogen-bond acceptors (Lipinski definition) is 4. The number of thiazole rings is 1. The molecule has 0 bridgehead atoms. The molecule has 0 amide bonds. The van der Waals surface area contributed by atoms with Crippen molar-refractivity contribution in [3.05, 3.63) is 16.1 Å². The zero-order valence-corrected chi connectivity index (χ0v) is 12.8. The van der Waals surface area contributed by atoms with Crippen LogP contribution in [0.3, 0.4) is 0 Å². The molecule has 0 aromatic carbocycles. The summed E-state index contributed by atoms with van der Waals surface area (Å²) in [7, 11) is 0. The van der Waals surface area contributed by atoms with Crippen molar-refractivity contribution < 1.29 is 5.11 Å². The molecule has 2 rings (SSSR count). The molecule has 0 aliphatic carbocycles. The third-order valence-electron chi connectivity index (χ3n) is 3.89. The average molecular weight is 282 g/mol. The van der Waals surface area contributed by atoms with Crippen molar-refractivity contribution in [1.29, 1.82) is 0 Å². The van der Waals surface area contributed by atoms with Crippen LogP contribution in [-0.4, -0.2) is 34.2 Å². The minimum absolute atomic E-state index is 0.305. The lowest BCUT2D eigenvalue weighted by atomic mass is 10.1. The normalized spacial score (nSPS) is 21.5. The first-order valence-electron chi connectivity index (χ1n) is 7.61. The number of aryl methyl sites for hydroxylation is 1. The second kappa shape index (κ2) is 7.98. The first kappa shape index (κ1) is 14.9. The lowest BCUT2D eigenvalue weighted by Gasteiger charge is -2.28. The van der Waals surface area contributed by atoms with E-state index < -0.39 is 0 Å². The van der Waals surface area contributed by atoms with Crippen LogP contribution in [0, 0.1) is 0 Å². The number of aromatic nitrogens is 1. The molecule has 1 fully saturated rings. The summed E-state index contributed by atoms with van der Waals surface area (Å²) in [5.74, 6) is 0. The van der Waals surface area contributed by atoms with Crippen LogP contribution < -0.4 is 0 Å². The van der Waals surface area contributed by atoms with E-state index in [1.807, 2.05) is 0 Å². The van der Waals surface area contributed by atoms with Gasteiger partial charge in [-0.05, 0) is 38.6 Å². The van der Waals surface area contributed by atoms with Crippen LogP contribution in [0.5, 0.6) is 0 Å². The van der Waals surface area contributed by atoms with Crippen molar-refractivity contribution >= 4 is 11.3 Å². The fourth-order valence-corrected chi connectivity index (χ4v) is 3.77. The molecule has 1 aromatic rings. The lowest BCUT2D eigenvalue weighted by molar-refractivity contribution is 0.150. The van der Waals surface area contributed by atoms with E-state index in [9.17, 15) is 5.11 Å². The van der Waals surface area contributed by atoms with Crippen LogP contribution in [0.4, 0.5) is 0 Å². The van der Waals surface area contributed by atoms with Crippen molar-refractivity contribution in [2.45, 2.75) is 64.5 Å². The maximum Gasteiger partial charge on any atom is 0.0928 e. The molecule has 0 radical (unpaired) electrons. The molecular formula is C15H26N2OS. The van der Waals surface area contributed by atoms with Crippen LogP contribution in [0.25, 0.3) is 0 Å². The number of aliphatic hydroxyl groups excluding tert-OH is 1. The van der Waals surface area contributed by atoms with Gasteiger partial charge in [-0.1, -0.05) is 19.8 Å². The Morgan fingerprint density at radius 2 is 2.32 bits per heavy atom. The summed E-state index contributed by atoms with van der Waals surface area (Å²) < 4.78 is 0. The highest BCUT2D eigenvalue weighted by molar-refractivity contribution is 7.09. The summed E-state index contributed by atoms with van der Waals surface area (Å²) in [4.78, 5) is 7.27. The van der Waals surface area contributed by atoms with Gasteiger partial charge in [-0.3, -0.25) is 4.90 Å². The summed E-state index contributed by atoms with van der Waals surface area (Å²) >= 11 is 1.80. The van der Waals surface area contributed by atoms with E-state index in [2.05, 4.69) is 17.2 Å². The number of hydrogen-bond donors (Lipinski definition) is 1. The Morgan fingerprint density at radius 1 is 1.42 bits per heavy atom. The fourth-order valence-electron chi connectivity index (χ4n) is 2.88. The Morgan fingerprint density at radius 3 is 3.11 bits per heavy atom. The number of rotatable bonds is 6. The molecule has 1 aliphatic heterocycles. The standard InChI is InChI=1S/C15H26N2OS/c1-2-6-15-16-13(12-19-15)11-17-9-5-3-4-7-14(17)8-10-18/h12,14,18H,2-11H2,1H3. The second-order valence-electron chi connectivity index (χ2n) is 5.47. The highest BCUT2D eigenvalue weighted by Gasteiger charge is 2.21. The highest BCUT2D eigenvalue weighted by atomic mass is 32.1. The van der Waals surface area contributed by atoms with Gasteiger partial charge in [0, 0.05) is 24.6 Å². The van der Waals surface area contributed by atoms with Gasteiger partial charge in [-0.25, -0.2) is 4.98 Å². The molecule has 1 N–H and O–H groups in total. The molecule has 0 saturated carbocycles. The zero-order chi connectivity index (χ0) is 13.5. The van der Waals surface area contributed by atoms with E-state index in [1.54, 1.807) is 11.3 Å². The number of likely N-dealkylation sites (tertiary alicyclic amines) is 1. The van der Waals surface area contributed by atoms with Gasteiger partial charge in [0.2, 0.25) is 0 Å². The van der Waals surface area contributed by atoms with Crippen LogP contribution in [0.15, 0.2) is 5.38 Å². The molecule has 1 saturated heterocycles. The molecule has 1 aliphatic rings. The van der Waals surface area contributed by atoms with Gasteiger partial charge in [-0.15, -0.1) is 11.3 Å². The summed E-state index contributed by atoms with van der Waals surface area (Å²) in [6, 6.07) is 0.545. The van der Waals surface area contributed by atoms with E-state index in [4.69, 9.17) is 4.98 Å². The minimum atomic E-state index is 0.305. The molecule has 1 unspecified atom stereocenters. The van der Waals surface area contributed by atoms with Gasteiger partial charge in [0.15, 0.2) is 0 Å².